The molecule has 1 unspecified atom stereocenters. The maximum atomic E-state index is 13.5. The SMILES string of the molecule is CCN1CCN(C(=O)O[C@H]2c3nc(C)c(C)nc3C(=O)N2c2ccc(Cl)cn2)C(C)(C)C1C. The van der Waals surface area contributed by atoms with Gasteiger partial charge in [-0.05, 0) is 53.3 Å². The highest BCUT2D eigenvalue weighted by molar-refractivity contribution is 6.30. The fraction of sp³-hybridized carbons (Fsp3) is 0.522. The molecule has 4 rings (SSSR count). The van der Waals surface area contributed by atoms with Crippen molar-refractivity contribution in [1.82, 2.24) is 24.8 Å². The van der Waals surface area contributed by atoms with E-state index in [9.17, 15) is 9.59 Å². The lowest BCUT2D eigenvalue weighted by molar-refractivity contribution is -0.0318. The van der Waals surface area contributed by atoms with Gasteiger partial charge in [0.05, 0.1) is 21.9 Å². The van der Waals surface area contributed by atoms with E-state index in [0.29, 0.717) is 34.5 Å². The molecule has 0 saturated carbocycles. The van der Waals surface area contributed by atoms with Crippen LogP contribution < -0.4 is 4.90 Å². The molecule has 2 aromatic rings. The van der Waals surface area contributed by atoms with Gasteiger partial charge in [0.25, 0.3) is 5.91 Å². The van der Waals surface area contributed by atoms with Crippen LogP contribution in [0.5, 0.6) is 0 Å². The zero-order valence-electron chi connectivity index (χ0n) is 19.8. The first-order valence-corrected chi connectivity index (χ1v) is 11.5. The van der Waals surface area contributed by atoms with Crippen molar-refractivity contribution in [2.45, 2.75) is 59.4 Å². The van der Waals surface area contributed by atoms with Crippen molar-refractivity contribution in [2.75, 3.05) is 24.5 Å². The van der Waals surface area contributed by atoms with Gasteiger partial charge in [-0.25, -0.2) is 24.6 Å². The number of pyridine rings is 1. The molecular weight excluding hydrogens is 444 g/mol. The topological polar surface area (TPSA) is 91.8 Å². The van der Waals surface area contributed by atoms with Gasteiger partial charge in [0.2, 0.25) is 6.23 Å². The van der Waals surface area contributed by atoms with Crippen molar-refractivity contribution >= 4 is 29.4 Å². The van der Waals surface area contributed by atoms with Crippen LogP contribution in [0.25, 0.3) is 0 Å². The van der Waals surface area contributed by atoms with E-state index in [0.717, 1.165) is 13.1 Å². The number of hydrogen-bond acceptors (Lipinski definition) is 7. The van der Waals surface area contributed by atoms with Gasteiger partial charge in [0.1, 0.15) is 11.5 Å². The zero-order valence-corrected chi connectivity index (χ0v) is 20.5. The molecule has 2 aliphatic heterocycles. The molecule has 4 heterocycles. The third-order valence-electron chi connectivity index (χ3n) is 6.90. The number of ether oxygens (including phenoxy) is 1. The molecule has 0 spiro atoms. The van der Waals surface area contributed by atoms with Gasteiger partial charge in [-0.1, -0.05) is 18.5 Å². The molecule has 0 aromatic carbocycles. The summed E-state index contributed by atoms with van der Waals surface area (Å²) in [6.45, 7) is 14.1. The van der Waals surface area contributed by atoms with Gasteiger partial charge in [-0.2, -0.15) is 0 Å². The predicted octanol–water partition coefficient (Wildman–Crippen LogP) is 3.74. The number of fused-ring (bicyclic) bond motifs is 1. The van der Waals surface area contributed by atoms with Crippen LogP contribution in [0, 0.1) is 13.8 Å². The summed E-state index contributed by atoms with van der Waals surface area (Å²) in [5.74, 6) is -0.114. The molecule has 0 bridgehead atoms. The van der Waals surface area contributed by atoms with Gasteiger partial charge >= 0.3 is 6.09 Å². The summed E-state index contributed by atoms with van der Waals surface area (Å²) < 4.78 is 5.99. The third-order valence-corrected chi connectivity index (χ3v) is 7.12. The zero-order chi connectivity index (χ0) is 24.1. The van der Waals surface area contributed by atoms with Gasteiger partial charge in [-0.15, -0.1) is 0 Å². The lowest BCUT2D eigenvalue weighted by Gasteiger charge is -2.51. The van der Waals surface area contributed by atoms with E-state index in [4.69, 9.17) is 16.3 Å². The van der Waals surface area contributed by atoms with E-state index >= 15 is 0 Å². The van der Waals surface area contributed by atoms with Gasteiger partial charge in [0, 0.05) is 25.3 Å². The van der Waals surface area contributed by atoms with E-state index in [1.165, 1.54) is 11.1 Å². The average molecular weight is 473 g/mol. The number of halogens is 1. The molecule has 33 heavy (non-hydrogen) atoms. The van der Waals surface area contributed by atoms with Gasteiger partial charge < -0.3 is 9.64 Å². The van der Waals surface area contributed by atoms with Crippen molar-refractivity contribution in [3.63, 3.8) is 0 Å². The van der Waals surface area contributed by atoms with E-state index in [2.05, 4.69) is 33.7 Å². The summed E-state index contributed by atoms with van der Waals surface area (Å²) in [4.78, 5) is 45.4. The fourth-order valence-electron chi connectivity index (χ4n) is 4.44. The lowest BCUT2D eigenvalue weighted by Crippen LogP contribution is -2.65. The summed E-state index contributed by atoms with van der Waals surface area (Å²) in [5, 5.41) is 0.434. The Bertz CT molecular complexity index is 1090. The molecule has 9 nitrogen and oxygen atoms in total. The van der Waals surface area contributed by atoms with Gasteiger partial charge in [0.15, 0.2) is 5.69 Å². The number of carbonyl (C=O) groups excluding carboxylic acids is 2. The second kappa shape index (κ2) is 8.53. The molecule has 0 aliphatic carbocycles. The lowest BCUT2D eigenvalue weighted by atomic mass is 9.90. The van der Waals surface area contributed by atoms with Crippen LogP contribution in [-0.2, 0) is 4.74 Å². The predicted molar refractivity (Wildman–Crippen MR) is 124 cm³/mol. The van der Waals surface area contributed by atoms with Crippen molar-refractivity contribution in [2.24, 2.45) is 0 Å². The minimum atomic E-state index is -1.07. The summed E-state index contributed by atoms with van der Waals surface area (Å²) in [6, 6.07) is 3.38. The molecule has 176 valence electrons. The third kappa shape index (κ3) is 3.93. The number of piperazine rings is 1. The van der Waals surface area contributed by atoms with Crippen molar-refractivity contribution in [1.29, 1.82) is 0 Å². The Morgan fingerprint density at radius 3 is 2.55 bits per heavy atom. The average Bonchev–Trinajstić information content (AvgIpc) is 3.01. The maximum Gasteiger partial charge on any atom is 0.412 e. The first-order chi connectivity index (χ1) is 15.6. The number of anilines is 1. The Morgan fingerprint density at radius 1 is 1.21 bits per heavy atom. The normalized spacial score (nSPS) is 22.5. The quantitative estimate of drug-likeness (QED) is 0.671. The van der Waals surface area contributed by atoms with Crippen molar-refractivity contribution in [3.05, 3.63) is 46.1 Å². The van der Waals surface area contributed by atoms with Crippen LogP contribution in [0.1, 0.15) is 61.5 Å². The number of amides is 2. The summed E-state index contributed by atoms with van der Waals surface area (Å²) in [6.07, 6.45) is -0.138. The molecule has 0 N–H and O–H groups in total. The molecular formula is C23H29ClN6O3. The fourth-order valence-corrected chi connectivity index (χ4v) is 4.55. The highest BCUT2D eigenvalue weighted by Gasteiger charge is 2.48. The standard InChI is InChI=1S/C23H29ClN6O3/c1-7-28-10-11-29(23(5,6)15(28)4)22(32)33-21-19-18(26-13(2)14(3)27-19)20(31)30(21)17-9-8-16(24)12-25-17/h8-9,12,15,21H,7,10-11H2,1-6H3/t15?,21-/m0/s1. The molecule has 2 aliphatic rings. The van der Waals surface area contributed by atoms with E-state index in [-0.39, 0.29) is 11.7 Å². The van der Waals surface area contributed by atoms with E-state index in [1.54, 1.807) is 24.0 Å². The molecule has 2 aromatic heterocycles. The molecule has 2 amide bonds. The number of rotatable bonds is 3. The Hall–Kier alpha value is -2.78. The summed E-state index contributed by atoms with van der Waals surface area (Å²) in [7, 11) is 0. The first kappa shape index (κ1) is 23.4. The molecule has 2 atom stereocenters. The number of hydrogen-bond donors (Lipinski definition) is 0. The smallest absolute Gasteiger partial charge is 0.412 e. The molecule has 0 radical (unpaired) electrons. The largest absolute Gasteiger partial charge is 0.419 e. The van der Waals surface area contributed by atoms with Crippen LogP contribution in [0.4, 0.5) is 10.6 Å². The van der Waals surface area contributed by atoms with Crippen LogP contribution in [0.3, 0.4) is 0 Å². The summed E-state index contributed by atoms with van der Waals surface area (Å²) >= 11 is 5.99. The number of aromatic nitrogens is 3. The summed E-state index contributed by atoms with van der Waals surface area (Å²) in [5.41, 5.74) is 1.32. The highest BCUT2D eigenvalue weighted by atomic mass is 35.5. The highest BCUT2D eigenvalue weighted by Crippen LogP contribution is 2.38. The van der Waals surface area contributed by atoms with E-state index in [1.807, 2.05) is 20.8 Å². The Kier molecular flexibility index (Phi) is 6.05. The minimum Gasteiger partial charge on any atom is -0.419 e. The monoisotopic (exact) mass is 472 g/mol. The van der Waals surface area contributed by atoms with Crippen LogP contribution >= 0.6 is 11.6 Å². The van der Waals surface area contributed by atoms with Crippen molar-refractivity contribution < 1.29 is 14.3 Å². The molecule has 1 saturated heterocycles. The van der Waals surface area contributed by atoms with E-state index < -0.39 is 23.8 Å². The Morgan fingerprint density at radius 2 is 1.91 bits per heavy atom. The first-order valence-electron chi connectivity index (χ1n) is 11.1. The molecule has 10 heteroatoms. The van der Waals surface area contributed by atoms with Crippen LogP contribution in [0.2, 0.25) is 5.02 Å². The van der Waals surface area contributed by atoms with Gasteiger partial charge in [-0.3, -0.25) is 9.69 Å². The second-order valence-electron chi connectivity index (χ2n) is 8.98. The molecule has 1 fully saturated rings. The number of carbonyl (C=O) groups is 2. The van der Waals surface area contributed by atoms with Crippen LogP contribution in [0.15, 0.2) is 18.3 Å². The number of nitrogens with zero attached hydrogens (tertiary/aromatic N) is 6. The van der Waals surface area contributed by atoms with Crippen LogP contribution in [-0.4, -0.2) is 68.0 Å². The van der Waals surface area contributed by atoms with Crippen molar-refractivity contribution in [3.8, 4) is 0 Å². The number of aryl methyl sites for hydroxylation is 2. The Labute approximate surface area is 198 Å². The minimum absolute atomic E-state index is 0.139. The second-order valence-corrected chi connectivity index (χ2v) is 9.42. The number of likely N-dealkylation sites (N-methyl/N-ethyl adjacent to an activating group) is 1. The Balaban J connectivity index is 1.70. The maximum absolute atomic E-state index is 13.5.